The molecule has 1 aliphatic heterocycles. The highest BCUT2D eigenvalue weighted by molar-refractivity contribution is 5.79. The lowest BCUT2D eigenvalue weighted by Gasteiger charge is -2.33. The Morgan fingerprint density at radius 1 is 1.28 bits per heavy atom. The molecule has 1 atom stereocenters. The molecule has 1 amide bonds. The van der Waals surface area contributed by atoms with Crippen molar-refractivity contribution in [2.24, 2.45) is 5.92 Å². The molecule has 0 N–H and O–H groups in total. The van der Waals surface area contributed by atoms with Crippen molar-refractivity contribution in [1.29, 1.82) is 0 Å². The fraction of sp³-hybridized carbons (Fsp3) is 0.412. The van der Waals surface area contributed by atoms with E-state index in [1.165, 1.54) is 17.0 Å². The molecule has 0 bridgehead atoms. The molecule has 0 saturated carbocycles. The molecule has 0 spiro atoms. The normalized spacial score (nSPS) is 18.4. The average molecular weight is 355 g/mol. The molecule has 2 aromatic rings. The number of hydrogen-bond donors (Lipinski definition) is 0. The molecular formula is C17H16F3NO4. The highest BCUT2D eigenvalue weighted by Crippen LogP contribution is 2.33. The monoisotopic (exact) mass is 355 g/mol. The Labute approximate surface area is 141 Å². The van der Waals surface area contributed by atoms with Crippen LogP contribution in [0, 0.1) is 5.92 Å². The van der Waals surface area contributed by atoms with E-state index in [4.69, 9.17) is 9.15 Å². The summed E-state index contributed by atoms with van der Waals surface area (Å²) in [6, 6.07) is 7.63. The largest absolute Gasteiger partial charge is 0.484 e. The lowest BCUT2D eigenvalue weighted by atomic mass is 9.97. The minimum Gasteiger partial charge on any atom is -0.484 e. The lowest BCUT2D eigenvalue weighted by molar-refractivity contribution is -0.188. The predicted octanol–water partition coefficient (Wildman–Crippen LogP) is 2.97. The average Bonchev–Trinajstić information content (AvgIpc) is 2.58. The van der Waals surface area contributed by atoms with Crippen LogP contribution in [-0.4, -0.2) is 36.7 Å². The summed E-state index contributed by atoms with van der Waals surface area (Å²) in [4.78, 5) is 24.5. The third-order valence-electron chi connectivity index (χ3n) is 4.19. The van der Waals surface area contributed by atoms with Crippen LogP contribution in [0.5, 0.6) is 5.75 Å². The summed E-state index contributed by atoms with van der Waals surface area (Å²) in [6.45, 7) is -0.410. The molecule has 2 heterocycles. The fourth-order valence-corrected chi connectivity index (χ4v) is 2.84. The van der Waals surface area contributed by atoms with Gasteiger partial charge in [0.05, 0.1) is 5.92 Å². The van der Waals surface area contributed by atoms with Crippen LogP contribution in [0.2, 0.25) is 0 Å². The van der Waals surface area contributed by atoms with Gasteiger partial charge >= 0.3 is 11.8 Å². The molecule has 134 valence electrons. The van der Waals surface area contributed by atoms with Crippen LogP contribution in [0.3, 0.4) is 0 Å². The van der Waals surface area contributed by atoms with Crippen molar-refractivity contribution in [2.45, 2.75) is 19.0 Å². The first-order valence-electron chi connectivity index (χ1n) is 7.84. The number of carbonyl (C=O) groups is 1. The van der Waals surface area contributed by atoms with Gasteiger partial charge in [0, 0.05) is 30.6 Å². The first-order chi connectivity index (χ1) is 11.8. The summed E-state index contributed by atoms with van der Waals surface area (Å²) in [5.74, 6) is -1.68. The van der Waals surface area contributed by atoms with Gasteiger partial charge in [-0.2, -0.15) is 13.2 Å². The number of nitrogens with zero attached hydrogens (tertiary/aromatic N) is 1. The zero-order valence-electron chi connectivity index (χ0n) is 13.2. The Bertz CT molecular complexity index is 830. The van der Waals surface area contributed by atoms with Gasteiger partial charge in [0.25, 0.3) is 5.91 Å². The maximum absolute atomic E-state index is 12.8. The number of alkyl halides is 3. The highest BCUT2D eigenvalue weighted by atomic mass is 19.4. The van der Waals surface area contributed by atoms with Gasteiger partial charge in [-0.05, 0) is 31.0 Å². The Kier molecular flexibility index (Phi) is 4.69. The van der Waals surface area contributed by atoms with Crippen LogP contribution in [0.4, 0.5) is 13.2 Å². The van der Waals surface area contributed by atoms with Crippen molar-refractivity contribution in [1.82, 2.24) is 4.90 Å². The molecule has 1 fully saturated rings. The van der Waals surface area contributed by atoms with Gasteiger partial charge in [-0.3, -0.25) is 4.79 Å². The van der Waals surface area contributed by atoms with Crippen molar-refractivity contribution in [3.63, 3.8) is 0 Å². The van der Waals surface area contributed by atoms with E-state index in [2.05, 4.69) is 0 Å². The highest BCUT2D eigenvalue weighted by Gasteiger charge is 2.42. The SMILES string of the molecule is O=C(COc1ccc2ccc(=O)oc2c1)N1CCCC(C(F)(F)F)C1. The van der Waals surface area contributed by atoms with E-state index >= 15 is 0 Å². The van der Waals surface area contributed by atoms with Gasteiger partial charge in [-0.25, -0.2) is 4.79 Å². The maximum Gasteiger partial charge on any atom is 0.393 e. The van der Waals surface area contributed by atoms with Gasteiger partial charge in [-0.15, -0.1) is 0 Å². The first kappa shape index (κ1) is 17.3. The third kappa shape index (κ3) is 4.12. The standard InChI is InChI=1S/C17H16F3NO4/c18-17(19,20)12-2-1-7-21(9-12)15(22)10-24-13-5-3-11-4-6-16(23)25-14(11)8-13/h3-6,8,12H,1-2,7,9-10H2. The fourth-order valence-electron chi connectivity index (χ4n) is 2.84. The van der Waals surface area contributed by atoms with Crippen molar-refractivity contribution in [3.8, 4) is 5.75 Å². The van der Waals surface area contributed by atoms with Crippen molar-refractivity contribution < 1.29 is 27.1 Å². The van der Waals surface area contributed by atoms with Crippen LogP contribution in [-0.2, 0) is 4.79 Å². The molecule has 0 aliphatic carbocycles. The molecule has 5 nitrogen and oxygen atoms in total. The number of carbonyl (C=O) groups excluding carboxylic acids is 1. The third-order valence-corrected chi connectivity index (χ3v) is 4.19. The molecule has 0 radical (unpaired) electrons. The van der Waals surface area contributed by atoms with E-state index in [1.54, 1.807) is 18.2 Å². The number of likely N-dealkylation sites (tertiary alicyclic amines) is 1. The van der Waals surface area contributed by atoms with Crippen molar-refractivity contribution in [3.05, 3.63) is 40.8 Å². The summed E-state index contributed by atoms with van der Waals surface area (Å²) >= 11 is 0. The van der Waals surface area contributed by atoms with Gasteiger partial charge < -0.3 is 14.1 Å². The zero-order chi connectivity index (χ0) is 18.0. The topological polar surface area (TPSA) is 59.8 Å². The van der Waals surface area contributed by atoms with E-state index in [1.807, 2.05) is 0 Å². The Balaban J connectivity index is 1.63. The van der Waals surface area contributed by atoms with E-state index in [0.717, 1.165) is 0 Å². The van der Waals surface area contributed by atoms with E-state index in [0.29, 0.717) is 29.7 Å². The second-order valence-corrected chi connectivity index (χ2v) is 5.96. The van der Waals surface area contributed by atoms with Crippen LogP contribution < -0.4 is 10.4 Å². The van der Waals surface area contributed by atoms with Gasteiger partial charge in [0.2, 0.25) is 0 Å². The second kappa shape index (κ2) is 6.78. The Hall–Kier alpha value is -2.51. The van der Waals surface area contributed by atoms with Crippen LogP contribution in [0.25, 0.3) is 11.0 Å². The smallest absolute Gasteiger partial charge is 0.393 e. The summed E-state index contributed by atoms with van der Waals surface area (Å²) < 4.78 is 48.8. The number of halogens is 3. The number of fused-ring (bicyclic) bond motifs is 1. The van der Waals surface area contributed by atoms with Gasteiger partial charge in [0.1, 0.15) is 11.3 Å². The van der Waals surface area contributed by atoms with Crippen molar-refractivity contribution >= 4 is 16.9 Å². The number of rotatable bonds is 3. The predicted molar refractivity (Wildman–Crippen MR) is 83.3 cm³/mol. The molecule has 8 heteroatoms. The summed E-state index contributed by atoms with van der Waals surface area (Å²) in [5, 5.41) is 0.697. The minimum atomic E-state index is -4.30. The Morgan fingerprint density at radius 2 is 2.04 bits per heavy atom. The van der Waals surface area contributed by atoms with E-state index in [9.17, 15) is 22.8 Å². The van der Waals surface area contributed by atoms with Crippen LogP contribution >= 0.6 is 0 Å². The summed E-state index contributed by atoms with van der Waals surface area (Å²) in [7, 11) is 0. The number of benzene rings is 1. The summed E-state index contributed by atoms with van der Waals surface area (Å²) in [6.07, 6.45) is -3.94. The molecule has 1 aromatic heterocycles. The minimum absolute atomic E-state index is 0.0395. The maximum atomic E-state index is 12.8. The number of ether oxygens (including phenoxy) is 1. The Morgan fingerprint density at radius 3 is 2.80 bits per heavy atom. The number of amides is 1. The molecule has 1 aromatic carbocycles. The molecular weight excluding hydrogens is 339 g/mol. The second-order valence-electron chi connectivity index (χ2n) is 5.96. The van der Waals surface area contributed by atoms with Gasteiger partial charge in [-0.1, -0.05) is 0 Å². The summed E-state index contributed by atoms with van der Waals surface area (Å²) in [5.41, 5.74) is -0.195. The lowest BCUT2D eigenvalue weighted by Crippen LogP contribution is -2.46. The number of piperidine rings is 1. The van der Waals surface area contributed by atoms with Crippen molar-refractivity contribution in [2.75, 3.05) is 19.7 Å². The molecule has 1 unspecified atom stereocenters. The molecule has 3 rings (SSSR count). The molecule has 25 heavy (non-hydrogen) atoms. The molecule has 1 saturated heterocycles. The number of hydrogen-bond acceptors (Lipinski definition) is 4. The van der Waals surface area contributed by atoms with Crippen LogP contribution in [0.1, 0.15) is 12.8 Å². The quantitative estimate of drug-likeness (QED) is 0.795. The van der Waals surface area contributed by atoms with Crippen LogP contribution in [0.15, 0.2) is 39.5 Å². The molecule has 1 aliphatic rings. The first-order valence-corrected chi connectivity index (χ1v) is 7.84. The van der Waals surface area contributed by atoms with E-state index < -0.39 is 23.6 Å². The van der Waals surface area contributed by atoms with Gasteiger partial charge in [0.15, 0.2) is 6.61 Å². The van der Waals surface area contributed by atoms with E-state index in [-0.39, 0.29) is 19.6 Å². The zero-order valence-corrected chi connectivity index (χ0v) is 13.2.